The van der Waals surface area contributed by atoms with E-state index in [2.05, 4.69) is 30.9 Å². The van der Waals surface area contributed by atoms with E-state index in [-0.39, 0.29) is 0 Å². The molecule has 1 fully saturated rings. The lowest BCUT2D eigenvalue weighted by Crippen LogP contribution is -2.33. The zero-order chi connectivity index (χ0) is 10.9. The van der Waals surface area contributed by atoms with Crippen LogP contribution in [0.5, 0.6) is 0 Å². The first-order chi connectivity index (χ1) is 7.29. The van der Waals surface area contributed by atoms with E-state index >= 15 is 0 Å². The quantitative estimate of drug-likeness (QED) is 0.681. The first kappa shape index (κ1) is 13.3. The summed E-state index contributed by atoms with van der Waals surface area (Å²) in [4.78, 5) is 0. The van der Waals surface area contributed by atoms with E-state index in [1.165, 1.54) is 37.2 Å². The molecule has 0 saturated carbocycles. The maximum Gasteiger partial charge on any atom is 0.0518 e. The van der Waals surface area contributed by atoms with E-state index in [1.54, 1.807) is 0 Å². The Morgan fingerprint density at radius 3 is 2.67 bits per heavy atom. The second-order valence-corrected chi connectivity index (χ2v) is 5.69. The van der Waals surface area contributed by atoms with Crippen LogP contribution in [0.4, 0.5) is 0 Å². The Hall–Kier alpha value is 0.270. The van der Waals surface area contributed by atoms with E-state index in [0.29, 0.717) is 6.10 Å². The maximum atomic E-state index is 5.50. The lowest BCUT2D eigenvalue weighted by atomic mass is 10.1. The number of rotatable bonds is 7. The van der Waals surface area contributed by atoms with Crippen molar-refractivity contribution in [2.24, 2.45) is 0 Å². The number of thioether (sulfide) groups is 1. The van der Waals surface area contributed by atoms with Crippen LogP contribution in [0.1, 0.15) is 39.5 Å². The molecule has 1 aliphatic rings. The minimum Gasteiger partial charge on any atom is -0.379 e. The van der Waals surface area contributed by atoms with Gasteiger partial charge in [0.1, 0.15) is 0 Å². The number of hydrogen-bond acceptors (Lipinski definition) is 3. The fourth-order valence-electron chi connectivity index (χ4n) is 1.75. The van der Waals surface area contributed by atoms with Crippen LogP contribution in [0.15, 0.2) is 0 Å². The van der Waals surface area contributed by atoms with Gasteiger partial charge in [0.2, 0.25) is 0 Å². The van der Waals surface area contributed by atoms with Gasteiger partial charge in [0.25, 0.3) is 0 Å². The molecule has 0 unspecified atom stereocenters. The molecule has 0 aromatic rings. The predicted molar refractivity (Wildman–Crippen MR) is 68.7 cm³/mol. The van der Waals surface area contributed by atoms with Crippen LogP contribution in [0.2, 0.25) is 0 Å². The minimum atomic E-state index is 0.383. The zero-order valence-electron chi connectivity index (χ0n) is 10.1. The van der Waals surface area contributed by atoms with Crippen molar-refractivity contribution in [3.05, 3.63) is 0 Å². The standard InChI is InChI=1S/C12H25NOS/c1-11(2)14-8-4-3-7-13-12-5-9-15-10-6-12/h11-13H,3-10H2,1-2H3. The highest BCUT2D eigenvalue weighted by Gasteiger charge is 2.11. The highest BCUT2D eigenvalue weighted by atomic mass is 32.2. The van der Waals surface area contributed by atoms with E-state index in [4.69, 9.17) is 4.74 Å². The fraction of sp³-hybridized carbons (Fsp3) is 1.00. The van der Waals surface area contributed by atoms with Gasteiger partial charge in [-0.2, -0.15) is 11.8 Å². The third-order valence-electron chi connectivity index (χ3n) is 2.68. The lowest BCUT2D eigenvalue weighted by Gasteiger charge is -2.22. The van der Waals surface area contributed by atoms with E-state index in [0.717, 1.165) is 19.2 Å². The van der Waals surface area contributed by atoms with Crippen LogP contribution >= 0.6 is 11.8 Å². The van der Waals surface area contributed by atoms with Crippen LogP contribution < -0.4 is 5.32 Å². The second kappa shape index (κ2) is 8.43. The van der Waals surface area contributed by atoms with Crippen molar-refractivity contribution in [1.29, 1.82) is 0 Å². The summed E-state index contributed by atoms with van der Waals surface area (Å²) in [6.45, 7) is 6.27. The summed E-state index contributed by atoms with van der Waals surface area (Å²) in [7, 11) is 0. The van der Waals surface area contributed by atoms with Gasteiger partial charge in [0.05, 0.1) is 6.10 Å². The highest BCUT2D eigenvalue weighted by molar-refractivity contribution is 7.99. The van der Waals surface area contributed by atoms with Gasteiger partial charge in [-0.05, 0) is 57.6 Å². The summed E-state index contributed by atoms with van der Waals surface area (Å²) in [6.07, 6.45) is 5.52. The summed E-state index contributed by atoms with van der Waals surface area (Å²) < 4.78 is 5.50. The Labute approximate surface area is 98.5 Å². The SMILES string of the molecule is CC(C)OCCCCNC1CCSCC1. The normalized spacial score (nSPS) is 18.6. The van der Waals surface area contributed by atoms with Crippen LogP contribution in [0.25, 0.3) is 0 Å². The number of ether oxygens (including phenoxy) is 1. The molecule has 0 atom stereocenters. The van der Waals surface area contributed by atoms with Gasteiger partial charge in [-0.1, -0.05) is 0 Å². The fourth-order valence-corrected chi connectivity index (χ4v) is 2.86. The molecule has 0 amide bonds. The van der Waals surface area contributed by atoms with Crippen molar-refractivity contribution in [2.45, 2.75) is 51.7 Å². The van der Waals surface area contributed by atoms with Crippen LogP contribution in [-0.2, 0) is 4.74 Å². The van der Waals surface area contributed by atoms with Crippen molar-refractivity contribution >= 4 is 11.8 Å². The molecule has 0 aromatic heterocycles. The van der Waals surface area contributed by atoms with E-state index < -0.39 is 0 Å². The highest BCUT2D eigenvalue weighted by Crippen LogP contribution is 2.16. The molecule has 2 nitrogen and oxygen atoms in total. The molecule has 1 N–H and O–H groups in total. The average Bonchev–Trinajstić information content (AvgIpc) is 2.24. The van der Waals surface area contributed by atoms with Gasteiger partial charge in [0, 0.05) is 12.6 Å². The first-order valence-corrected chi connectivity index (χ1v) is 7.37. The van der Waals surface area contributed by atoms with E-state index in [9.17, 15) is 0 Å². The van der Waals surface area contributed by atoms with Gasteiger partial charge in [-0.25, -0.2) is 0 Å². The molecule has 3 heteroatoms. The Morgan fingerprint density at radius 1 is 1.27 bits per heavy atom. The van der Waals surface area contributed by atoms with Crippen LogP contribution in [-0.4, -0.2) is 36.8 Å². The number of nitrogens with one attached hydrogen (secondary N) is 1. The van der Waals surface area contributed by atoms with Crippen molar-refractivity contribution < 1.29 is 4.74 Å². The maximum absolute atomic E-state index is 5.50. The third kappa shape index (κ3) is 7.20. The van der Waals surface area contributed by atoms with Crippen LogP contribution in [0, 0.1) is 0 Å². The topological polar surface area (TPSA) is 21.3 Å². The average molecular weight is 231 g/mol. The Kier molecular flexibility index (Phi) is 7.49. The molecule has 0 aromatic carbocycles. The van der Waals surface area contributed by atoms with Gasteiger partial charge in [0.15, 0.2) is 0 Å². The molecule has 1 aliphatic heterocycles. The second-order valence-electron chi connectivity index (χ2n) is 4.47. The molecule has 1 rings (SSSR count). The summed E-state index contributed by atoms with van der Waals surface area (Å²) in [5.41, 5.74) is 0. The van der Waals surface area contributed by atoms with Crippen molar-refractivity contribution in [2.75, 3.05) is 24.7 Å². The summed E-state index contributed by atoms with van der Waals surface area (Å²) in [5.74, 6) is 2.68. The molecule has 15 heavy (non-hydrogen) atoms. The van der Waals surface area contributed by atoms with Gasteiger partial charge in [-0.3, -0.25) is 0 Å². The molecular weight excluding hydrogens is 206 g/mol. The molecule has 1 saturated heterocycles. The molecule has 0 aliphatic carbocycles. The molecule has 90 valence electrons. The van der Waals surface area contributed by atoms with Gasteiger partial charge >= 0.3 is 0 Å². The summed E-state index contributed by atoms with van der Waals surface area (Å²) >= 11 is 2.09. The molecular formula is C12H25NOS. The Balaban J connectivity index is 1.83. The predicted octanol–water partition coefficient (Wildman–Crippen LogP) is 2.68. The molecule has 0 spiro atoms. The Morgan fingerprint density at radius 2 is 2.00 bits per heavy atom. The number of unbranched alkanes of at least 4 members (excludes halogenated alkanes) is 1. The van der Waals surface area contributed by atoms with E-state index in [1.807, 2.05) is 0 Å². The molecule has 0 bridgehead atoms. The Bertz CT molecular complexity index is 147. The molecule has 0 radical (unpaired) electrons. The number of hydrogen-bond donors (Lipinski definition) is 1. The largest absolute Gasteiger partial charge is 0.379 e. The monoisotopic (exact) mass is 231 g/mol. The smallest absolute Gasteiger partial charge is 0.0518 e. The minimum absolute atomic E-state index is 0.383. The summed E-state index contributed by atoms with van der Waals surface area (Å²) in [5, 5.41) is 3.64. The first-order valence-electron chi connectivity index (χ1n) is 6.22. The summed E-state index contributed by atoms with van der Waals surface area (Å²) in [6, 6.07) is 0.789. The third-order valence-corrected chi connectivity index (χ3v) is 3.73. The van der Waals surface area contributed by atoms with Crippen molar-refractivity contribution in [3.8, 4) is 0 Å². The van der Waals surface area contributed by atoms with Crippen molar-refractivity contribution in [3.63, 3.8) is 0 Å². The van der Waals surface area contributed by atoms with Crippen LogP contribution in [0.3, 0.4) is 0 Å². The van der Waals surface area contributed by atoms with Crippen molar-refractivity contribution in [1.82, 2.24) is 5.32 Å². The van der Waals surface area contributed by atoms with Gasteiger partial charge < -0.3 is 10.1 Å². The lowest BCUT2D eigenvalue weighted by molar-refractivity contribution is 0.0759. The zero-order valence-corrected chi connectivity index (χ0v) is 10.9. The van der Waals surface area contributed by atoms with Gasteiger partial charge in [-0.15, -0.1) is 0 Å². The molecule has 1 heterocycles.